The first-order valence-electron chi connectivity index (χ1n) is 9.09. The minimum absolute atomic E-state index is 0.120. The van der Waals surface area contributed by atoms with Gasteiger partial charge in [0.15, 0.2) is 0 Å². The smallest absolute Gasteiger partial charge is 0.270 e. The fourth-order valence-electron chi connectivity index (χ4n) is 3.01. The van der Waals surface area contributed by atoms with Crippen molar-refractivity contribution in [3.63, 3.8) is 0 Å². The summed E-state index contributed by atoms with van der Waals surface area (Å²) in [5, 5.41) is 7.77. The third kappa shape index (κ3) is 4.11. The van der Waals surface area contributed by atoms with Gasteiger partial charge in [-0.15, -0.1) is 0 Å². The molecule has 0 saturated heterocycles. The highest BCUT2D eigenvalue weighted by Crippen LogP contribution is 2.24. The molecule has 0 unspecified atom stereocenters. The zero-order valence-electron chi connectivity index (χ0n) is 16.7. The predicted molar refractivity (Wildman–Crippen MR) is 108 cm³/mol. The van der Waals surface area contributed by atoms with Crippen LogP contribution in [0.15, 0.2) is 42.6 Å². The van der Waals surface area contributed by atoms with E-state index in [2.05, 4.69) is 23.5 Å². The van der Waals surface area contributed by atoms with Gasteiger partial charge in [0, 0.05) is 26.3 Å². The zero-order valence-corrected chi connectivity index (χ0v) is 16.7. The lowest BCUT2D eigenvalue weighted by Gasteiger charge is -2.13. The lowest BCUT2D eigenvalue weighted by atomic mass is 10.1. The Morgan fingerprint density at radius 3 is 2.63 bits per heavy atom. The number of likely N-dealkylation sites (N-methyl/N-ethyl adjacent to an activating group) is 1. The van der Waals surface area contributed by atoms with E-state index in [-0.39, 0.29) is 5.91 Å². The van der Waals surface area contributed by atoms with E-state index in [1.54, 1.807) is 4.68 Å². The number of carbonyl (C=O) groups is 1. The second-order valence-electron chi connectivity index (χ2n) is 7.18. The van der Waals surface area contributed by atoms with Gasteiger partial charge in [0.25, 0.3) is 5.91 Å². The van der Waals surface area contributed by atoms with Crippen molar-refractivity contribution in [3.05, 3.63) is 59.4 Å². The molecule has 0 spiro atoms. The Kier molecular flexibility index (Phi) is 5.46. The summed E-state index contributed by atoms with van der Waals surface area (Å²) in [6.07, 6.45) is 1.98. The topological polar surface area (TPSA) is 55.1 Å². The Hall–Kier alpha value is -2.86. The van der Waals surface area contributed by atoms with Crippen LogP contribution in [0.5, 0.6) is 0 Å². The molecule has 0 aliphatic carbocycles. The quantitative estimate of drug-likeness (QED) is 0.731. The number of benzene rings is 1. The molecule has 0 bridgehead atoms. The van der Waals surface area contributed by atoms with Gasteiger partial charge < -0.3 is 14.8 Å². The van der Waals surface area contributed by atoms with E-state index in [1.165, 1.54) is 0 Å². The van der Waals surface area contributed by atoms with Crippen molar-refractivity contribution in [1.82, 2.24) is 24.6 Å². The number of amides is 1. The fraction of sp³-hybridized carbons (Fsp3) is 0.333. The standard InChI is InChI=1S/C21H27N5O/c1-15-8-9-16(2)19(13-15)26-20(21(27)22-10-12-24(3)4)14-17(23-26)18-7-6-11-25(18)5/h6-9,11,13-14H,10,12H2,1-5H3,(H,22,27). The van der Waals surface area contributed by atoms with Crippen LogP contribution in [0.1, 0.15) is 21.6 Å². The molecule has 1 N–H and O–H groups in total. The van der Waals surface area contributed by atoms with Crippen molar-refractivity contribution < 1.29 is 4.79 Å². The van der Waals surface area contributed by atoms with E-state index < -0.39 is 0 Å². The molecule has 6 nitrogen and oxygen atoms in total. The van der Waals surface area contributed by atoms with Gasteiger partial charge in [-0.25, -0.2) is 4.68 Å². The minimum Gasteiger partial charge on any atom is -0.349 e. The Labute approximate surface area is 160 Å². The van der Waals surface area contributed by atoms with Gasteiger partial charge in [0.05, 0.1) is 11.4 Å². The molecule has 3 aromatic rings. The van der Waals surface area contributed by atoms with Crippen LogP contribution in [0.3, 0.4) is 0 Å². The van der Waals surface area contributed by atoms with E-state index in [4.69, 9.17) is 5.10 Å². The first-order valence-corrected chi connectivity index (χ1v) is 9.09. The normalized spacial score (nSPS) is 11.2. The Balaban J connectivity index is 2.04. The molecular weight excluding hydrogens is 338 g/mol. The molecule has 2 aromatic heterocycles. The average Bonchev–Trinajstić information content (AvgIpc) is 3.22. The maximum absolute atomic E-state index is 12.9. The third-order valence-electron chi connectivity index (χ3n) is 4.59. The molecule has 2 heterocycles. The summed E-state index contributed by atoms with van der Waals surface area (Å²) in [7, 11) is 5.95. The SMILES string of the molecule is Cc1ccc(C)c(-n2nc(-c3cccn3C)cc2C(=O)NCCN(C)C)c1. The number of nitrogens with one attached hydrogen (secondary N) is 1. The number of hydrogen-bond donors (Lipinski definition) is 1. The fourth-order valence-corrected chi connectivity index (χ4v) is 3.01. The molecule has 1 amide bonds. The number of carbonyl (C=O) groups excluding carboxylic acids is 1. The monoisotopic (exact) mass is 365 g/mol. The van der Waals surface area contributed by atoms with E-state index in [0.717, 1.165) is 34.7 Å². The molecule has 0 saturated carbocycles. The number of hydrogen-bond acceptors (Lipinski definition) is 3. The molecule has 0 aliphatic heterocycles. The molecule has 3 rings (SSSR count). The van der Waals surface area contributed by atoms with Crippen LogP contribution in [0.4, 0.5) is 0 Å². The zero-order chi connectivity index (χ0) is 19.6. The van der Waals surface area contributed by atoms with Gasteiger partial charge in [-0.3, -0.25) is 4.79 Å². The summed E-state index contributed by atoms with van der Waals surface area (Å²) in [6.45, 7) is 5.45. The van der Waals surface area contributed by atoms with E-state index in [1.807, 2.05) is 68.9 Å². The van der Waals surface area contributed by atoms with Gasteiger partial charge >= 0.3 is 0 Å². The summed E-state index contributed by atoms with van der Waals surface area (Å²) >= 11 is 0. The maximum Gasteiger partial charge on any atom is 0.270 e. The first-order chi connectivity index (χ1) is 12.9. The minimum atomic E-state index is -0.120. The van der Waals surface area contributed by atoms with Crippen LogP contribution in [0, 0.1) is 13.8 Å². The molecule has 0 aliphatic rings. The van der Waals surface area contributed by atoms with Gasteiger partial charge in [-0.1, -0.05) is 12.1 Å². The largest absolute Gasteiger partial charge is 0.349 e. The van der Waals surface area contributed by atoms with Crippen LogP contribution in [-0.2, 0) is 7.05 Å². The van der Waals surface area contributed by atoms with Crippen molar-refractivity contribution in [1.29, 1.82) is 0 Å². The van der Waals surface area contributed by atoms with Crippen molar-refractivity contribution in [3.8, 4) is 17.1 Å². The third-order valence-corrected chi connectivity index (χ3v) is 4.59. The predicted octanol–water partition coefficient (Wildman–Crippen LogP) is 2.79. The van der Waals surface area contributed by atoms with Gasteiger partial charge in [-0.2, -0.15) is 5.10 Å². The number of aromatic nitrogens is 3. The Morgan fingerprint density at radius 1 is 1.19 bits per heavy atom. The van der Waals surface area contributed by atoms with Gasteiger partial charge in [0.1, 0.15) is 11.4 Å². The molecule has 1 aromatic carbocycles. The molecular formula is C21H27N5O. The highest BCUT2D eigenvalue weighted by molar-refractivity contribution is 5.94. The lowest BCUT2D eigenvalue weighted by molar-refractivity contribution is 0.0943. The molecule has 0 radical (unpaired) electrons. The van der Waals surface area contributed by atoms with E-state index in [0.29, 0.717) is 12.2 Å². The van der Waals surface area contributed by atoms with Crippen molar-refractivity contribution >= 4 is 5.91 Å². The Morgan fingerprint density at radius 2 is 1.96 bits per heavy atom. The van der Waals surface area contributed by atoms with Gasteiger partial charge in [-0.05, 0) is 63.3 Å². The molecule has 6 heteroatoms. The van der Waals surface area contributed by atoms with E-state index in [9.17, 15) is 4.79 Å². The van der Waals surface area contributed by atoms with Crippen LogP contribution < -0.4 is 5.32 Å². The summed E-state index contributed by atoms with van der Waals surface area (Å²) in [6, 6.07) is 12.0. The van der Waals surface area contributed by atoms with Crippen molar-refractivity contribution in [2.24, 2.45) is 7.05 Å². The van der Waals surface area contributed by atoms with Crippen molar-refractivity contribution in [2.75, 3.05) is 27.2 Å². The van der Waals surface area contributed by atoms with Crippen LogP contribution in [0.2, 0.25) is 0 Å². The average molecular weight is 365 g/mol. The molecule has 27 heavy (non-hydrogen) atoms. The van der Waals surface area contributed by atoms with Crippen molar-refractivity contribution in [2.45, 2.75) is 13.8 Å². The van der Waals surface area contributed by atoms with Gasteiger partial charge in [0.2, 0.25) is 0 Å². The van der Waals surface area contributed by atoms with Crippen LogP contribution >= 0.6 is 0 Å². The van der Waals surface area contributed by atoms with Crippen LogP contribution in [-0.4, -0.2) is 52.3 Å². The summed E-state index contributed by atoms with van der Waals surface area (Å²) in [5.41, 5.74) is 5.42. The first kappa shape index (κ1) is 18.9. The second-order valence-corrected chi connectivity index (χ2v) is 7.18. The highest BCUT2D eigenvalue weighted by Gasteiger charge is 2.19. The number of aryl methyl sites for hydroxylation is 3. The maximum atomic E-state index is 12.9. The summed E-state index contributed by atoms with van der Waals surface area (Å²) in [4.78, 5) is 14.9. The Bertz CT molecular complexity index is 951. The molecule has 142 valence electrons. The second kappa shape index (κ2) is 7.80. The molecule has 0 fully saturated rings. The molecule has 0 atom stereocenters. The number of nitrogens with zero attached hydrogens (tertiary/aromatic N) is 4. The summed E-state index contributed by atoms with van der Waals surface area (Å²) < 4.78 is 3.76. The van der Waals surface area contributed by atoms with Crippen LogP contribution in [0.25, 0.3) is 17.1 Å². The van der Waals surface area contributed by atoms with E-state index >= 15 is 0 Å². The highest BCUT2D eigenvalue weighted by atomic mass is 16.2. The number of rotatable bonds is 6. The summed E-state index contributed by atoms with van der Waals surface area (Å²) in [5.74, 6) is -0.120. The lowest BCUT2D eigenvalue weighted by Crippen LogP contribution is -2.32.